The number of hydrogen-bond acceptors (Lipinski definition) is 3. The molecule has 0 bridgehead atoms. The van der Waals surface area contributed by atoms with Gasteiger partial charge < -0.3 is 10.6 Å². The molecule has 1 fully saturated rings. The molecule has 2 aromatic rings. The predicted molar refractivity (Wildman–Crippen MR) is 108 cm³/mol. The summed E-state index contributed by atoms with van der Waals surface area (Å²) in [4.78, 5) is 38.4. The Balaban J connectivity index is 1.59. The van der Waals surface area contributed by atoms with Gasteiger partial charge in [-0.25, -0.2) is 4.79 Å². The quantitative estimate of drug-likeness (QED) is 0.726. The second-order valence-corrected chi connectivity index (χ2v) is 7.24. The Morgan fingerprint density at radius 2 is 1.71 bits per heavy atom. The maximum absolute atomic E-state index is 12.8. The minimum Gasteiger partial charge on any atom is -0.325 e. The van der Waals surface area contributed by atoms with Gasteiger partial charge in [0.05, 0.1) is 0 Å². The van der Waals surface area contributed by atoms with Crippen LogP contribution in [0, 0.1) is 0 Å². The molecule has 6 heteroatoms. The number of carbonyl (C=O) groups excluding carboxylic acids is 3. The Bertz CT molecular complexity index is 864. The summed E-state index contributed by atoms with van der Waals surface area (Å²) in [5.74, 6) is -0.773. The van der Waals surface area contributed by atoms with Crippen molar-refractivity contribution in [2.45, 2.75) is 38.6 Å². The number of anilines is 1. The fourth-order valence-corrected chi connectivity index (χ4v) is 3.27. The summed E-state index contributed by atoms with van der Waals surface area (Å²) in [6, 6.07) is 16.8. The molecule has 0 aliphatic carbocycles. The Morgan fingerprint density at radius 1 is 1.04 bits per heavy atom. The molecule has 146 valence electrons. The van der Waals surface area contributed by atoms with E-state index < -0.39 is 17.5 Å². The van der Waals surface area contributed by atoms with Gasteiger partial charge in [-0.05, 0) is 49.4 Å². The minimum absolute atomic E-state index is 0.304. The number of aryl methyl sites for hydroxylation is 2. The van der Waals surface area contributed by atoms with Crippen molar-refractivity contribution in [2.75, 3.05) is 11.9 Å². The van der Waals surface area contributed by atoms with Crippen molar-refractivity contribution in [3.8, 4) is 0 Å². The van der Waals surface area contributed by atoms with Crippen molar-refractivity contribution in [1.29, 1.82) is 0 Å². The summed E-state index contributed by atoms with van der Waals surface area (Å²) >= 11 is 0. The average molecular weight is 379 g/mol. The molecular weight excluding hydrogens is 354 g/mol. The van der Waals surface area contributed by atoms with Crippen LogP contribution in [0.3, 0.4) is 0 Å². The first-order valence-corrected chi connectivity index (χ1v) is 9.48. The number of nitrogens with zero attached hydrogens (tertiary/aromatic N) is 1. The van der Waals surface area contributed by atoms with Crippen LogP contribution < -0.4 is 10.6 Å². The van der Waals surface area contributed by atoms with Crippen LogP contribution in [0.25, 0.3) is 0 Å². The lowest BCUT2D eigenvalue weighted by Gasteiger charge is -2.21. The number of rotatable bonds is 7. The maximum atomic E-state index is 12.8. The number of amides is 4. The van der Waals surface area contributed by atoms with Gasteiger partial charge in [-0.1, -0.05) is 49.4 Å². The fraction of sp³-hybridized carbons (Fsp3) is 0.318. The van der Waals surface area contributed by atoms with Crippen molar-refractivity contribution in [3.63, 3.8) is 0 Å². The molecule has 0 spiro atoms. The van der Waals surface area contributed by atoms with Gasteiger partial charge in [0.25, 0.3) is 5.91 Å². The van der Waals surface area contributed by atoms with E-state index >= 15 is 0 Å². The number of imide groups is 1. The predicted octanol–water partition coefficient (Wildman–Crippen LogP) is 3.13. The molecule has 6 nitrogen and oxygen atoms in total. The summed E-state index contributed by atoms with van der Waals surface area (Å²) in [6.07, 6.45) is 2.05. The molecule has 0 radical (unpaired) electrons. The van der Waals surface area contributed by atoms with Crippen LogP contribution in [-0.4, -0.2) is 34.8 Å². The van der Waals surface area contributed by atoms with Crippen molar-refractivity contribution in [3.05, 3.63) is 65.7 Å². The van der Waals surface area contributed by atoms with Gasteiger partial charge in [-0.2, -0.15) is 0 Å². The number of carbonyl (C=O) groups is 3. The van der Waals surface area contributed by atoms with Crippen LogP contribution in [0.15, 0.2) is 54.6 Å². The van der Waals surface area contributed by atoms with E-state index in [1.54, 1.807) is 6.92 Å². The zero-order valence-electron chi connectivity index (χ0n) is 16.2. The third kappa shape index (κ3) is 4.39. The second kappa shape index (κ2) is 8.25. The molecule has 0 unspecified atom stereocenters. The van der Waals surface area contributed by atoms with E-state index in [1.807, 2.05) is 54.6 Å². The summed E-state index contributed by atoms with van der Waals surface area (Å²) < 4.78 is 0. The average Bonchev–Trinajstić information content (AvgIpc) is 2.91. The van der Waals surface area contributed by atoms with E-state index in [4.69, 9.17) is 0 Å². The zero-order valence-corrected chi connectivity index (χ0v) is 16.2. The van der Waals surface area contributed by atoms with Gasteiger partial charge in [0, 0.05) is 5.69 Å². The smallest absolute Gasteiger partial charge is 0.325 e. The molecule has 1 aliphatic heterocycles. The number of urea groups is 1. The van der Waals surface area contributed by atoms with Crippen LogP contribution in [-0.2, 0) is 22.4 Å². The van der Waals surface area contributed by atoms with Gasteiger partial charge in [0.2, 0.25) is 5.91 Å². The first-order valence-electron chi connectivity index (χ1n) is 9.48. The lowest BCUT2D eigenvalue weighted by atomic mass is 9.93. The van der Waals surface area contributed by atoms with Gasteiger partial charge in [-0.3, -0.25) is 14.5 Å². The highest BCUT2D eigenvalue weighted by Gasteiger charge is 2.47. The Hall–Kier alpha value is -3.15. The number of benzene rings is 2. The monoisotopic (exact) mass is 379 g/mol. The van der Waals surface area contributed by atoms with E-state index in [-0.39, 0.29) is 12.5 Å². The highest BCUT2D eigenvalue weighted by molar-refractivity contribution is 6.09. The van der Waals surface area contributed by atoms with Gasteiger partial charge in [0.15, 0.2) is 0 Å². The van der Waals surface area contributed by atoms with E-state index in [0.717, 1.165) is 16.9 Å². The number of hydrogen-bond donors (Lipinski definition) is 2. The lowest BCUT2D eigenvalue weighted by Crippen LogP contribution is -2.45. The first-order chi connectivity index (χ1) is 13.4. The van der Waals surface area contributed by atoms with E-state index in [0.29, 0.717) is 18.5 Å². The van der Waals surface area contributed by atoms with Crippen molar-refractivity contribution < 1.29 is 14.4 Å². The zero-order chi connectivity index (χ0) is 20.1. The Morgan fingerprint density at radius 3 is 2.36 bits per heavy atom. The molecule has 0 aromatic heterocycles. The summed E-state index contributed by atoms with van der Waals surface area (Å²) in [5.41, 5.74) is 1.90. The Kier molecular flexibility index (Phi) is 5.78. The van der Waals surface area contributed by atoms with E-state index in [2.05, 4.69) is 17.6 Å². The summed E-state index contributed by atoms with van der Waals surface area (Å²) in [5, 5.41) is 5.48. The van der Waals surface area contributed by atoms with Gasteiger partial charge in [-0.15, -0.1) is 0 Å². The second-order valence-electron chi connectivity index (χ2n) is 7.24. The first kappa shape index (κ1) is 19.6. The van der Waals surface area contributed by atoms with Crippen LogP contribution in [0.4, 0.5) is 10.5 Å². The van der Waals surface area contributed by atoms with E-state index in [9.17, 15) is 14.4 Å². The van der Waals surface area contributed by atoms with Crippen molar-refractivity contribution in [1.82, 2.24) is 10.2 Å². The third-order valence-corrected chi connectivity index (χ3v) is 5.05. The SMILES string of the molecule is CCc1ccc(NC(=O)CN2C(=O)N[C@](C)(CCc3ccccc3)C2=O)cc1. The summed E-state index contributed by atoms with van der Waals surface area (Å²) in [6.45, 7) is 3.46. The van der Waals surface area contributed by atoms with Gasteiger partial charge in [0.1, 0.15) is 12.1 Å². The van der Waals surface area contributed by atoms with Crippen LogP contribution in [0.5, 0.6) is 0 Å². The standard InChI is InChI=1S/C22H25N3O3/c1-3-16-9-11-18(12-10-16)23-19(26)15-25-20(27)22(2,24-21(25)28)14-13-17-7-5-4-6-8-17/h4-12H,3,13-15H2,1-2H3,(H,23,26)(H,24,28)/t22-/m1/s1. The lowest BCUT2D eigenvalue weighted by molar-refractivity contribution is -0.133. The summed E-state index contributed by atoms with van der Waals surface area (Å²) in [7, 11) is 0. The van der Waals surface area contributed by atoms with Gasteiger partial charge >= 0.3 is 6.03 Å². The molecule has 1 saturated heterocycles. The van der Waals surface area contributed by atoms with Crippen LogP contribution >= 0.6 is 0 Å². The van der Waals surface area contributed by atoms with Crippen molar-refractivity contribution in [2.24, 2.45) is 0 Å². The largest absolute Gasteiger partial charge is 0.325 e. The topological polar surface area (TPSA) is 78.5 Å². The van der Waals surface area contributed by atoms with Crippen molar-refractivity contribution >= 4 is 23.5 Å². The molecule has 28 heavy (non-hydrogen) atoms. The minimum atomic E-state index is -1.00. The molecule has 2 aromatic carbocycles. The molecule has 3 rings (SSSR count). The molecule has 2 N–H and O–H groups in total. The third-order valence-electron chi connectivity index (χ3n) is 5.05. The molecule has 1 aliphatic rings. The number of nitrogens with one attached hydrogen (secondary N) is 2. The highest BCUT2D eigenvalue weighted by Crippen LogP contribution is 2.23. The molecule has 0 saturated carbocycles. The molecule has 1 heterocycles. The van der Waals surface area contributed by atoms with Crippen LogP contribution in [0.2, 0.25) is 0 Å². The Labute approximate surface area is 164 Å². The normalized spacial score (nSPS) is 18.9. The fourth-order valence-electron chi connectivity index (χ4n) is 3.27. The maximum Gasteiger partial charge on any atom is 0.325 e. The highest BCUT2D eigenvalue weighted by atomic mass is 16.2. The van der Waals surface area contributed by atoms with Crippen LogP contribution in [0.1, 0.15) is 31.4 Å². The molecular formula is C22H25N3O3. The molecule has 4 amide bonds. The molecule has 1 atom stereocenters. The van der Waals surface area contributed by atoms with E-state index in [1.165, 1.54) is 5.56 Å².